The fourth-order valence-electron chi connectivity index (χ4n) is 0.672. The van der Waals surface area contributed by atoms with Crippen LogP contribution in [-0.4, -0.2) is 43.7 Å². The second-order valence-electron chi connectivity index (χ2n) is 2.35. The Morgan fingerprint density at radius 3 is 2.27 bits per heavy atom. The van der Waals surface area contributed by atoms with Gasteiger partial charge >= 0.3 is 43.7 Å². The van der Waals surface area contributed by atoms with Crippen LogP contribution in [0.3, 0.4) is 0 Å². The quantitative estimate of drug-likeness (QED) is 0.363. The third-order valence-corrected chi connectivity index (χ3v) is 2.24. The van der Waals surface area contributed by atoms with Gasteiger partial charge in [-0.3, -0.25) is 9.78 Å². The SMILES string of the molecule is CC(=O)OOc1cc(Cl)c(Cl)cc1Cl.[Ca+2].[H-].[H-]. The van der Waals surface area contributed by atoms with Crippen molar-refractivity contribution >= 4 is 78.5 Å². The van der Waals surface area contributed by atoms with Gasteiger partial charge in [0.15, 0.2) is 5.75 Å². The molecule has 0 aliphatic heterocycles. The average molecular weight is 298 g/mol. The number of halogens is 3. The summed E-state index contributed by atoms with van der Waals surface area (Å²) < 4.78 is 0. The van der Waals surface area contributed by atoms with Crippen LogP contribution in [0.4, 0.5) is 0 Å². The fourth-order valence-corrected chi connectivity index (χ4v) is 1.24. The molecule has 0 spiro atoms. The minimum atomic E-state index is -0.591. The zero-order valence-electron chi connectivity index (χ0n) is 9.72. The van der Waals surface area contributed by atoms with E-state index >= 15 is 0 Å². The minimum Gasteiger partial charge on any atom is -1.00 e. The van der Waals surface area contributed by atoms with Crippen molar-refractivity contribution in [1.82, 2.24) is 0 Å². The van der Waals surface area contributed by atoms with E-state index in [2.05, 4.69) is 9.78 Å². The molecule has 15 heavy (non-hydrogen) atoms. The molecule has 0 saturated carbocycles. The smallest absolute Gasteiger partial charge is 1.00 e. The Kier molecular flexibility index (Phi) is 7.34. The van der Waals surface area contributed by atoms with E-state index in [1.807, 2.05) is 0 Å². The van der Waals surface area contributed by atoms with Crippen molar-refractivity contribution in [2.24, 2.45) is 0 Å². The van der Waals surface area contributed by atoms with Crippen LogP contribution in [0.1, 0.15) is 9.78 Å². The second kappa shape index (κ2) is 7.05. The zero-order valence-corrected chi connectivity index (χ0v) is 12.2. The second-order valence-corrected chi connectivity index (χ2v) is 3.58. The van der Waals surface area contributed by atoms with E-state index in [0.717, 1.165) is 0 Å². The van der Waals surface area contributed by atoms with E-state index in [1.54, 1.807) is 0 Å². The summed E-state index contributed by atoms with van der Waals surface area (Å²) in [5, 5.41) is 0.769. The normalized spacial score (nSPS) is 9.07. The van der Waals surface area contributed by atoms with E-state index in [0.29, 0.717) is 5.02 Å². The minimum absolute atomic E-state index is 0. The Balaban J connectivity index is -0.000000653. The molecule has 0 aromatic heterocycles. The maximum Gasteiger partial charge on any atom is 2.00 e. The summed E-state index contributed by atoms with van der Waals surface area (Å²) in [4.78, 5) is 19.3. The topological polar surface area (TPSA) is 35.5 Å². The molecule has 0 amide bonds. The standard InChI is InChI=1S/C8H5Cl3O3.Ca.2H/c1-4(12)13-14-8-3-6(10)5(9)2-7(8)11;;;/h2-3H,1H3;;;/q;+2;2*-1. The van der Waals surface area contributed by atoms with Crippen LogP contribution >= 0.6 is 34.8 Å². The summed E-state index contributed by atoms with van der Waals surface area (Å²) in [6.45, 7) is 1.20. The van der Waals surface area contributed by atoms with Gasteiger partial charge in [0.2, 0.25) is 0 Å². The van der Waals surface area contributed by atoms with Crippen LogP contribution in [0.15, 0.2) is 12.1 Å². The number of carbonyl (C=O) groups excluding carboxylic acids is 1. The van der Waals surface area contributed by atoms with E-state index in [4.69, 9.17) is 34.8 Å². The summed E-state index contributed by atoms with van der Waals surface area (Å²) in [6.07, 6.45) is 0. The largest absolute Gasteiger partial charge is 2.00 e. The Morgan fingerprint density at radius 2 is 1.73 bits per heavy atom. The molecule has 0 radical (unpaired) electrons. The molecule has 0 fully saturated rings. The predicted molar refractivity (Wildman–Crippen MR) is 61.8 cm³/mol. The molecule has 0 aliphatic carbocycles. The number of hydrogen-bond acceptors (Lipinski definition) is 3. The molecule has 0 saturated heterocycles. The third-order valence-electron chi connectivity index (χ3n) is 1.22. The van der Waals surface area contributed by atoms with Crippen LogP contribution < -0.4 is 4.89 Å². The van der Waals surface area contributed by atoms with Gasteiger partial charge in [-0.15, -0.1) is 0 Å². The summed E-state index contributed by atoms with van der Waals surface area (Å²) in [5.74, 6) is -0.455. The summed E-state index contributed by atoms with van der Waals surface area (Å²) in [5.41, 5.74) is 0. The number of carbonyl (C=O) groups is 1. The first-order valence-corrected chi connectivity index (χ1v) is 4.63. The summed E-state index contributed by atoms with van der Waals surface area (Å²) >= 11 is 17.1. The summed E-state index contributed by atoms with van der Waals surface area (Å²) in [7, 11) is 0. The molecule has 7 heteroatoms. The predicted octanol–water partition coefficient (Wildman–Crippen LogP) is 3.35. The Morgan fingerprint density at radius 1 is 1.20 bits per heavy atom. The van der Waals surface area contributed by atoms with Crippen LogP contribution in [0, 0.1) is 0 Å². The Hall–Kier alpha value is 0.620. The van der Waals surface area contributed by atoms with Crippen molar-refractivity contribution < 1.29 is 17.4 Å². The van der Waals surface area contributed by atoms with Crippen LogP contribution in [0.25, 0.3) is 0 Å². The summed E-state index contributed by atoms with van der Waals surface area (Å²) in [6, 6.07) is 2.75. The molecular weight excluding hydrogens is 291 g/mol. The van der Waals surface area contributed by atoms with Crippen molar-refractivity contribution in [3.05, 3.63) is 27.2 Å². The van der Waals surface area contributed by atoms with Crippen LogP contribution in [0.2, 0.25) is 15.1 Å². The molecule has 0 aliphatic rings. The van der Waals surface area contributed by atoms with Crippen molar-refractivity contribution in [3.8, 4) is 5.75 Å². The van der Waals surface area contributed by atoms with Crippen molar-refractivity contribution in [2.45, 2.75) is 6.92 Å². The molecule has 80 valence electrons. The monoisotopic (exact) mass is 296 g/mol. The van der Waals surface area contributed by atoms with E-state index in [9.17, 15) is 4.79 Å². The van der Waals surface area contributed by atoms with E-state index in [-0.39, 0.29) is 56.4 Å². The first kappa shape index (κ1) is 15.6. The average Bonchev–Trinajstić information content (AvgIpc) is 2.09. The molecule has 0 heterocycles. The van der Waals surface area contributed by atoms with Crippen LogP contribution in [0.5, 0.6) is 5.75 Å². The van der Waals surface area contributed by atoms with Gasteiger partial charge in [-0.05, 0) is 6.07 Å². The fraction of sp³-hybridized carbons (Fsp3) is 0.125. The molecule has 1 aromatic carbocycles. The Labute approximate surface area is 134 Å². The van der Waals surface area contributed by atoms with Gasteiger partial charge in [0, 0.05) is 13.0 Å². The van der Waals surface area contributed by atoms with Gasteiger partial charge < -0.3 is 2.85 Å². The maximum atomic E-state index is 10.4. The van der Waals surface area contributed by atoms with Gasteiger partial charge in [-0.2, -0.15) is 0 Å². The molecule has 0 atom stereocenters. The van der Waals surface area contributed by atoms with E-state index in [1.165, 1.54) is 19.1 Å². The molecule has 1 rings (SSSR count). The molecule has 3 nitrogen and oxygen atoms in total. The number of hydrogen-bond donors (Lipinski definition) is 0. The third kappa shape index (κ3) is 4.98. The first-order chi connectivity index (χ1) is 6.50. The molecular formula is C8H7CaCl3O3. The van der Waals surface area contributed by atoms with Gasteiger partial charge in [0.05, 0.1) is 15.1 Å². The zero-order chi connectivity index (χ0) is 10.7. The Bertz CT molecular complexity index is 379. The molecule has 0 bridgehead atoms. The van der Waals surface area contributed by atoms with Crippen LogP contribution in [-0.2, 0) is 9.68 Å². The maximum absolute atomic E-state index is 10.4. The van der Waals surface area contributed by atoms with Crippen molar-refractivity contribution in [3.63, 3.8) is 0 Å². The van der Waals surface area contributed by atoms with Gasteiger partial charge in [-0.25, -0.2) is 4.79 Å². The first-order valence-electron chi connectivity index (χ1n) is 3.50. The van der Waals surface area contributed by atoms with Crippen molar-refractivity contribution in [2.75, 3.05) is 0 Å². The molecule has 1 aromatic rings. The van der Waals surface area contributed by atoms with Gasteiger partial charge in [-0.1, -0.05) is 34.8 Å². The van der Waals surface area contributed by atoms with Gasteiger partial charge in [0.1, 0.15) is 0 Å². The van der Waals surface area contributed by atoms with Gasteiger partial charge in [0.25, 0.3) is 0 Å². The molecule has 0 unspecified atom stereocenters. The van der Waals surface area contributed by atoms with E-state index < -0.39 is 5.97 Å². The number of benzene rings is 1. The molecule has 0 N–H and O–H groups in total. The van der Waals surface area contributed by atoms with Crippen molar-refractivity contribution in [1.29, 1.82) is 0 Å². The number of rotatable bonds is 2.